The smallest absolute Gasteiger partial charge is 0.277 e. The van der Waals surface area contributed by atoms with Crippen molar-refractivity contribution in [2.45, 2.75) is 30.5 Å². The second-order valence-corrected chi connectivity index (χ2v) is 10.1. The van der Waals surface area contributed by atoms with E-state index in [0.717, 1.165) is 16.7 Å². The lowest BCUT2D eigenvalue weighted by Gasteiger charge is -2.22. The highest BCUT2D eigenvalue weighted by Crippen LogP contribution is 2.30. The van der Waals surface area contributed by atoms with Crippen LogP contribution < -0.4 is 5.32 Å². The molecule has 1 aromatic heterocycles. The van der Waals surface area contributed by atoms with Gasteiger partial charge in [0.25, 0.3) is 10.0 Å². The summed E-state index contributed by atoms with van der Waals surface area (Å²) in [6, 6.07) is 21.6. The molecular formula is C26H23FN2O4S. The summed E-state index contributed by atoms with van der Waals surface area (Å²) in [7, 11) is -3.94. The first kappa shape index (κ1) is 22.3. The Bertz CT molecular complexity index is 1400. The number of fused-ring (bicyclic) bond motifs is 1. The van der Waals surface area contributed by atoms with Gasteiger partial charge in [-0.3, -0.25) is 4.79 Å². The molecule has 34 heavy (non-hydrogen) atoms. The van der Waals surface area contributed by atoms with Crippen LogP contribution in [0.25, 0.3) is 22.1 Å². The Morgan fingerprint density at radius 3 is 2.38 bits per heavy atom. The molecule has 0 aliphatic carbocycles. The number of nitrogens with zero attached hydrogens (tertiary/aromatic N) is 1. The van der Waals surface area contributed by atoms with Crippen LogP contribution >= 0.6 is 0 Å². The van der Waals surface area contributed by atoms with Crippen molar-refractivity contribution in [1.82, 2.24) is 9.62 Å². The number of nitrogens with one attached hydrogen (secondary N) is 1. The van der Waals surface area contributed by atoms with Gasteiger partial charge in [-0.25, -0.2) is 12.8 Å². The van der Waals surface area contributed by atoms with E-state index < -0.39 is 16.1 Å². The monoisotopic (exact) mass is 478 g/mol. The molecule has 1 saturated heterocycles. The minimum Gasteiger partial charge on any atom is -0.443 e. The molecule has 0 saturated carbocycles. The van der Waals surface area contributed by atoms with Crippen LogP contribution in [0, 0.1) is 5.82 Å². The second kappa shape index (κ2) is 9.04. The van der Waals surface area contributed by atoms with E-state index in [9.17, 15) is 17.6 Å². The number of rotatable bonds is 6. The van der Waals surface area contributed by atoms with Crippen LogP contribution in [0.3, 0.4) is 0 Å². The van der Waals surface area contributed by atoms with Crippen LogP contribution in [0.5, 0.6) is 0 Å². The summed E-state index contributed by atoms with van der Waals surface area (Å²) in [4.78, 5) is 12.9. The third kappa shape index (κ3) is 4.34. The van der Waals surface area contributed by atoms with Gasteiger partial charge < -0.3 is 9.73 Å². The Hall–Kier alpha value is -3.49. The predicted molar refractivity (Wildman–Crippen MR) is 127 cm³/mol. The Morgan fingerprint density at radius 1 is 1.00 bits per heavy atom. The molecule has 6 nitrogen and oxygen atoms in total. The molecule has 0 unspecified atom stereocenters. The molecule has 0 radical (unpaired) electrons. The highest BCUT2D eigenvalue weighted by molar-refractivity contribution is 7.89. The fourth-order valence-electron chi connectivity index (χ4n) is 4.25. The number of amides is 1. The zero-order valence-electron chi connectivity index (χ0n) is 18.3. The van der Waals surface area contributed by atoms with Crippen molar-refractivity contribution in [2.24, 2.45) is 0 Å². The normalized spacial score (nSPS) is 16.7. The summed E-state index contributed by atoms with van der Waals surface area (Å²) in [6.07, 6.45) is 1.05. The van der Waals surface area contributed by atoms with Crippen LogP contribution in [-0.4, -0.2) is 31.2 Å². The molecule has 1 fully saturated rings. The minimum atomic E-state index is -3.94. The van der Waals surface area contributed by atoms with Gasteiger partial charge in [-0.2, -0.15) is 4.31 Å². The van der Waals surface area contributed by atoms with Crippen LogP contribution in [0.4, 0.5) is 4.39 Å². The summed E-state index contributed by atoms with van der Waals surface area (Å²) < 4.78 is 46.4. The number of sulfonamides is 1. The highest BCUT2D eigenvalue weighted by atomic mass is 32.2. The van der Waals surface area contributed by atoms with Gasteiger partial charge in [0, 0.05) is 24.5 Å². The lowest BCUT2D eigenvalue weighted by Crippen LogP contribution is -2.45. The molecule has 174 valence electrons. The zero-order chi connectivity index (χ0) is 23.7. The molecule has 1 aliphatic rings. The molecule has 2 heterocycles. The van der Waals surface area contributed by atoms with Crippen molar-refractivity contribution in [3.05, 3.63) is 90.2 Å². The van der Waals surface area contributed by atoms with E-state index in [1.165, 1.54) is 22.5 Å². The van der Waals surface area contributed by atoms with Gasteiger partial charge in [-0.1, -0.05) is 54.6 Å². The van der Waals surface area contributed by atoms with E-state index in [4.69, 9.17) is 4.42 Å². The van der Waals surface area contributed by atoms with Gasteiger partial charge in [-0.15, -0.1) is 0 Å². The molecule has 0 bridgehead atoms. The van der Waals surface area contributed by atoms with Crippen LogP contribution in [0.2, 0.25) is 0 Å². The summed E-state index contributed by atoms with van der Waals surface area (Å²) >= 11 is 0. The molecule has 1 atom stereocenters. The standard InChI is InChI=1S/C26H23FN2O4S/c27-22-13-11-20(12-14-22)19-9-7-18(8-10-19)17-28-26(30)23-5-3-15-29(23)34(31,32)25-16-21-4-1-2-6-24(21)33-25/h1-2,4,6-14,16,23H,3,5,15,17H2,(H,28,30)/t23-/m0/s1. The maximum Gasteiger partial charge on any atom is 0.277 e. The molecule has 1 amide bonds. The van der Waals surface area contributed by atoms with Crippen LogP contribution in [0.1, 0.15) is 18.4 Å². The Kier molecular flexibility index (Phi) is 5.93. The van der Waals surface area contributed by atoms with Crippen molar-refractivity contribution >= 4 is 26.9 Å². The van der Waals surface area contributed by atoms with E-state index in [0.29, 0.717) is 23.8 Å². The Balaban J connectivity index is 1.26. The van der Waals surface area contributed by atoms with E-state index >= 15 is 0 Å². The molecule has 0 spiro atoms. The van der Waals surface area contributed by atoms with Crippen molar-refractivity contribution in [1.29, 1.82) is 0 Å². The summed E-state index contributed by atoms with van der Waals surface area (Å²) in [5, 5.41) is 3.41. The van der Waals surface area contributed by atoms with Crippen molar-refractivity contribution < 1.29 is 22.0 Å². The van der Waals surface area contributed by atoms with Gasteiger partial charge in [0.2, 0.25) is 11.0 Å². The van der Waals surface area contributed by atoms with Gasteiger partial charge in [0.15, 0.2) is 0 Å². The first-order chi connectivity index (χ1) is 16.4. The summed E-state index contributed by atoms with van der Waals surface area (Å²) in [6.45, 7) is 0.543. The summed E-state index contributed by atoms with van der Waals surface area (Å²) in [5.41, 5.74) is 3.21. The minimum absolute atomic E-state index is 0.148. The maximum atomic E-state index is 13.2. The number of carbonyl (C=O) groups excluding carboxylic acids is 1. The first-order valence-corrected chi connectivity index (χ1v) is 12.5. The molecule has 8 heteroatoms. The van der Waals surface area contributed by atoms with Gasteiger partial charge in [0.05, 0.1) is 0 Å². The molecule has 1 N–H and O–H groups in total. The molecule has 3 aromatic carbocycles. The van der Waals surface area contributed by atoms with Crippen LogP contribution in [-0.2, 0) is 21.4 Å². The quantitative estimate of drug-likeness (QED) is 0.435. The third-order valence-corrected chi connectivity index (χ3v) is 7.83. The number of benzene rings is 3. The van der Waals surface area contributed by atoms with Crippen molar-refractivity contribution in [2.75, 3.05) is 6.54 Å². The zero-order valence-corrected chi connectivity index (χ0v) is 19.1. The molecule has 5 rings (SSSR count). The highest BCUT2D eigenvalue weighted by Gasteiger charge is 2.40. The maximum absolute atomic E-state index is 13.2. The number of carbonyl (C=O) groups is 1. The average Bonchev–Trinajstić information content (AvgIpc) is 3.52. The van der Waals surface area contributed by atoms with Crippen molar-refractivity contribution in [3.8, 4) is 11.1 Å². The van der Waals surface area contributed by atoms with E-state index in [2.05, 4.69) is 5.32 Å². The number of para-hydroxylation sites is 1. The fraction of sp³-hybridized carbons (Fsp3) is 0.192. The van der Waals surface area contributed by atoms with E-state index in [1.807, 2.05) is 30.3 Å². The molecular weight excluding hydrogens is 455 g/mol. The third-order valence-electron chi connectivity index (χ3n) is 6.07. The average molecular weight is 479 g/mol. The molecule has 1 aliphatic heterocycles. The van der Waals surface area contributed by atoms with E-state index in [-0.39, 0.29) is 29.9 Å². The summed E-state index contributed by atoms with van der Waals surface area (Å²) in [5.74, 6) is -0.619. The molecule has 4 aromatic rings. The topological polar surface area (TPSA) is 79.6 Å². The SMILES string of the molecule is O=C(NCc1ccc(-c2ccc(F)cc2)cc1)[C@@H]1CCCN1S(=O)(=O)c1cc2ccccc2o1. The van der Waals surface area contributed by atoms with Crippen molar-refractivity contribution in [3.63, 3.8) is 0 Å². The largest absolute Gasteiger partial charge is 0.443 e. The number of hydrogen-bond acceptors (Lipinski definition) is 4. The fourth-order valence-corrected chi connectivity index (χ4v) is 5.86. The number of hydrogen-bond donors (Lipinski definition) is 1. The second-order valence-electron chi connectivity index (χ2n) is 8.30. The lowest BCUT2D eigenvalue weighted by atomic mass is 10.0. The Morgan fingerprint density at radius 2 is 1.68 bits per heavy atom. The van der Waals surface area contributed by atoms with Gasteiger partial charge >= 0.3 is 0 Å². The first-order valence-electron chi connectivity index (χ1n) is 11.0. The lowest BCUT2D eigenvalue weighted by molar-refractivity contribution is -0.124. The Labute approximate surface area is 197 Å². The van der Waals surface area contributed by atoms with E-state index in [1.54, 1.807) is 30.3 Å². The predicted octanol–water partition coefficient (Wildman–Crippen LogP) is 4.71. The number of halogens is 1. The number of furan rings is 1. The van der Waals surface area contributed by atoms with Crippen LogP contribution in [0.15, 0.2) is 88.4 Å². The van der Waals surface area contributed by atoms with Gasteiger partial charge in [0.1, 0.15) is 17.4 Å². The van der Waals surface area contributed by atoms with Gasteiger partial charge in [-0.05, 0) is 47.7 Å².